The molecule has 2 aromatic rings. The highest BCUT2D eigenvalue weighted by Crippen LogP contribution is 2.34. The summed E-state index contributed by atoms with van der Waals surface area (Å²) in [6.07, 6.45) is 2.38. The third-order valence-electron chi connectivity index (χ3n) is 3.35. The van der Waals surface area contributed by atoms with Gasteiger partial charge < -0.3 is 9.53 Å². The summed E-state index contributed by atoms with van der Waals surface area (Å²) >= 11 is 1.77. The molecule has 110 valence electrons. The Labute approximate surface area is 130 Å². The molecule has 0 saturated carbocycles. The van der Waals surface area contributed by atoms with E-state index in [1.807, 2.05) is 12.1 Å². The van der Waals surface area contributed by atoms with Crippen LogP contribution in [0.5, 0.6) is 5.75 Å². The van der Waals surface area contributed by atoms with E-state index in [0.29, 0.717) is 6.42 Å². The van der Waals surface area contributed by atoms with Crippen LogP contribution in [0, 0.1) is 13.8 Å². The van der Waals surface area contributed by atoms with Crippen LogP contribution < -0.4 is 4.74 Å². The summed E-state index contributed by atoms with van der Waals surface area (Å²) in [5.41, 5.74) is 3.75. The van der Waals surface area contributed by atoms with Gasteiger partial charge in [0.2, 0.25) is 0 Å². The summed E-state index contributed by atoms with van der Waals surface area (Å²) in [4.78, 5) is 13.0. The topological polar surface area (TPSA) is 26.3 Å². The van der Waals surface area contributed by atoms with Crippen LogP contribution in [0.3, 0.4) is 0 Å². The molecule has 0 spiro atoms. The molecule has 0 radical (unpaired) electrons. The Morgan fingerprint density at radius 2 is 1.71 bits per heavy atom. The largest absolute Gasteiger partial charge is 0.497 e. The highest BCUT2D eigenvalue weighted by molar-refractivity contribution is 7.99. The minimum absolute atomic E-state index is 0.587. The molecule has 0 aliphatic rings. The second kappa shape index (κ2) is 7.32. The highest BCUT2D eigenvalue weighted by atomic mass is 32.2. The van der Waals surface area contributed by atoms with Crippen molar-refractivity contribution < 1.29 is 9.53 Å². The number of hydrogen-bond acceptors (Lipinski definition) is 3. The van der Waals surface area contributed by atoms with E-state index in [0.717, 1.165) is 18.5 Å². The van der Waals surface area contributed by atoms with Crippen molar-refractivity contribution in [2.24, 2.45) is 0 Å². The summed E-state index contributed by atoms with van der Waals surface area (Å²) in [6, 6.07) is 12.5. The molecule has 2 rings (SSSR count). The zero-order chi connectivity index (χ0) is 15.2. The van der Waals surface area contributed by atoms with E-state index < -0.39 is 0 Å². The maximum atomic E-state index is 10.5. The van der Waals surface area contributed by atoms with Crippen molar-refractivity contribution in [2.75, 3.05) is 7.11 Å². The van der Waals surface area contributed by atoms with Gasteiger partial charge in [-0.3, -0.25) is 0 Å². The molecule has 21 heavy (non-hydrogen) atoms. The Bertz CT molecular complexity index is 595. The maximum Gasteiger partial charge on any atom is 0.120 e. The van der Waals surface area contributed by atoms with Crippen molar-refractivity contribution in [3.63, 3.8) is 0 Å². The standard InChI is InChI=1S/C18H20O2S/c1-13-11-15(5-4-10-19)12-14(2)18(13)21-17-8-6-16(20-3)7-9-17/h6-12H,4-5H2,1-3H3. The first kappa shape index (κ1) is 15.6. The Balaban J connectivity index is 2.20. The number of benzene rings is 2. The van der Waals surface area contributed by atoms with Gasteiger partial charge in [0.1, 0.15) is 12.0 Å². The molecule has 0 saturated heterocycles. The lowest BCUT2D eigenvalue weighted by molar-refractivity contribution is -0.107. The number of aryl methyl sites for hydroxylation is 3. The van der Waals surface area contributed by atoms with Crippen LogP contribution >= 0.6 is 11.8 Å². The average Bonchev–Trinajstić information content (AvgIpc) is 2.49. The monoisotopic (exact) mass is 300 g/mol. The molecule has 3 heteroatoms. The van der Waals surface area contributed by atoms with Gasteiger partial charge in [-0.1, -0.05) is 23.9 Å². The third kappa shape index (κ3) is 4.11. The molecule has 0 bridgehead atoms. The predicted octanol–water partition coefficient (Wildman–Crippen LogP) is 4.59. The number of ether oxygens (including phenoxy) is 1. The summed E-state index contributed by atoms with van der Waals surface area (Å²) < 4.78 is 5.18. The lowest BCUT2D eigenvalue weighted by Gasteiger charge is -2.12. The second-order valence-electron chi connectivity index (χ2n) is 5.04. The van der Waals surface area contributed by atoms with Gasteiger partial charge in [0, 0.05) is 16.2 Å². The fraction of sp³-hybridized carbons (Fsp3) is 0.278. The zero-order valence-corrected chi connectivity index (χ0v) is 13.5. The van der Waals surface area contributed by atoms with Crippen molar-refractivity contribution in [3.8, 4) is 5.75 Å². The number of aldehydes is 1. The lowest BCUT2D eigenvalue weighted by Crippen LogP contribution is -1.92. The molecule has 0 fully saturated rings. The molecule has 2 aromatic carbocycles. The Hall–Kier alpha value is -1.74. The predicted molar refractivity (Wildman–Crippen MR) is 87.4 cm³/mol. The van der Waals surface area contributed by atoms with Crippen molar-refractivity contribution in [2.45, 2.75) is 36.5 Å². The average molecular weight is 300 g/mol. The van der Waals surface area contributed by atoms with E-state index in [-0.39, 0.29) is 0 Å². The Morgan fingerprint density at radius 1 is 1.10 bits per heavy atom. The van der Waals surface area contributed by atoms with Crippen LogP contribution in [0.1, 0.15) is 23.1 Å². The van der Waals surface area contributed by atoms with Gasteiger partial charge in [-0.15, -0.1) is 0 Å². The van der Waals surface area contributed by atoms with Crippen LogP contribution in [0.2, 0.25) is 0 Å². The van der Waals surface area contributed by atoms with E-state index in [9.17, 15) is 4.79 Å². The SMILES string of the molecule is COc1ccc(Sc2c(C)cc(CCC=O)cc2C)cc1. The van der Waals surface area contributed by atoms with E-state index in [1.165, 1.54) is 26.5 Å². The van der Waals surface area contributed by atoms with Gasteiger partial charge in [-0.2, -0.15) is 0 Å². The maximum absolute atomic E-state index is 10.5. The van der Waals surface area contributed by atoms with E-state index in [1.54, 1.807) is 18.9 Å². The van der Waals surface area contributed by atoms with E-state index in [4.69, 9.17) is 4.74 Å². The van der Waals surface area contributed by atoms with E-state index in [2.05, 4.69) is 38.1 Å². The molecule has 0 N–H and O–H groups in total. The van der Waals surface area contributed by atoms with Gasteiger partial charge in [-0.25, -0.2) is 0 Å². The molecule has 0 unspecified atom stereocenters. The molecule has 0 amide bonds. The first-order valence-electron chi connectivity index (χ1n) is 6.99. The van der Waals surface area contributed by atoms with Crippen molar-refractivity contribution in [3.05, 3.63) is 53.1 Å². The minimum atomic E-state index is 0.587. The van der Waals surface area contributed by atoms with Gasteiger partial charge in [0.05, 0.1) is 7.11 Å². The first-order chi connectivity index (χ1) is 10.1. The summed E-state index contributed by atoms with van der Waals surface area (Å²) in [6.45, 7) is 4.26. The molecule has 0 atom stereocenters. The van der Waals surface area contributed by atoms with Gasteiger partial charge in [0.25, 0.3) is 0 Å². The van der Waals surface area contributed by atoms with Gasteiger partial charge in [-0.05, 0) is 61.2 Å². The summed E-state index contributed by atoms with van der Waals surface area (Å²) in [7, 11) is 1.68. The number of carbonyl (C=O) groups is 1. The Morgan fingerprint density at radius 3 is 2.24 bits per heavy atom. The third-order valence-corrected chi connectivity index (χ3v) is 4.71. The number of methoxy groups -OCH3 is 1. The summed E-state index contributed by atoms with van der Waals surface area (Å²) in [5, 5.41) is 0. The molecule has 0 aliphatic carbocycles. The molecule has 0 aromatic heterocycles. The first-order valence-corrected chi connectivity index (χ1v) is 7.81. The van der Waals surface area contributed by atoms with Gasteiger partial charge in [0.15, 0.2) is 0 Å². The lowest BCUT2D eigenvalue weighted by atomic mass is 10.0. The number of carbonyl (C=O) groups excluding carboxylic acids is 1. The van der Waals surface area contributed by atoms with Crippen LogP contribution in [-0.2, 0) is 11.2 Å². The smallest absolute Gasteiger partial charge is 0.120 e. The molecule has 0 aliphatic heterocycles. The van der Waals surface area contributed by atoms with Crippen LogP contribution in [0.4, 0.5) is 0 Å². The normalized spacial score (nSPS) is 10.4. The highest BCUT2D eigenvalue weighted by Gasteiger charge is 2.07. The molecule has 2 nitrogen and oxygen atoms in total. The van der Waals surface area contributed by atoms with Crippen LogP contribution in [0.25, 0.3) is 0 Å². The van der Waals surface area contributed by atoms with Crippen molar-refractivity contribution >= 4 is 18.0 Å². The molecular weight excluding hydrogens is 280 g/mol. The molecular formula is C18H20O2S. The van der Waals surface area contributed by atoms with Crippen molar-refractivity contribution in [1.82, 2.24) is 0 Å². The Kier molecular flexibility index (Phi) is 5.45. The second-order valence-corrected chi connectivity index (χ2v) is 6.13. The molecule has 0 heterocycles. The number of rotatable bonds is 6. The number of hydrogen-bond donors (Lipinski definition) is 0. The quantitative estimate of drug-likeness (QED) is 0.730. The van der Waals surface area contributed by atoms with Crippen LogP contribution in [0.15, 0.2) is 46.2 Å². The van der Waals surface area contributed by atoms with Gasteiger partial charge >= 0.3 is 0 Å². The zero-order valence-electron chi connectivity index (χ0n) is 12.7. The fourth-order valence-electron chi connectivity index (χ4n) is 2.33. The fourth-order valence-corrected chi connectivity index (χ4v) is 3.28. The minimum Gasteiger partial charge on any atom is -0.497 e. The van der Waals surface area contributed by atoms with E-state index >= 15 is 0 Å². The summed E-state index contributed by atoms with van der Waals surface area (Å²) in [5.74, 6) is 0.872. The van der Waals surface area contributed by atoms with Crippen LogP contribution in [-0.4, -0.2) is 13.4 Å². The van der Waals surface area contributed by atoms with Crippen molar-refractivity contribution in [1.29, 1.82) is 0 Å².